The Labute approximate surface area is 135 Å². The van der Waals surface area contributed by atoms with Crippen LogP contribution in [-0.4, -0.2) is 54.6 Å². The summed E-state index contributed by atoms with van der Waals surface area (Å²) < 4.78 is 5.50. The Hall–Kier alpha value is -1.04. The third-order valence-electron chi connectivity index (χ3n) is 5.35. The second-order valence-electron chi connectivity index (χ2n) is 6.20. The van der Waals surface area contributed by atoms with Crippen LogP contribution in [0.1, 0.15) is 29.6 Å². The number of hydrogen-bond donors (Lipinski definition) is 1. The summed E-state index contributed by atoms with van der Waals surface area (Å²) in [5, 5.41) is 10.2. The Morgan fingerprint density at radius 2 is 2.05 bits per heavy atom. The first kappa shape index (κ1) is 15.8. The van der Waals surface area contributed by atoms with E-state index < -0.39 is 0 Å². The molecule has 1 saturated carbocycles. The first-order valence-corrected chi connectivity index (χ1v) is 8.98. The van der Waals surface area contributed by atoms with E-state index in [2.05, 4.69) is 0 Å². The van der Waals surface area contributed by atoms with E-state index in [1.807, 2.05) is 35.4 Å². The molecule has 120 valence electrons. The Morgan fingerprint density at radius 1 is 1.36 bits per heavy atom. The lowest BCUT2D eigenvalue weighted by molar-refractivity contribution is -0.199. The zero-order valence-electron chi connectivity index (χ0n) is 13.1. The van der Waals surface area contributed by atoms with Crippen molar-refractivity contribution in [1.29, 1.82) is 0 Å². The molecular weight excluding hydrogens is 298 g/mol. The Balaban J connectivity index is 1.70. The van der Waals surface area contributed by atoms with Crippen molar-refractivity contribution >= 4 is 17.7 Å². The predicted molar refractivity (Wildman–Crippen MR) is 87.2 cm³/mol. The number of benzene rings is 1. The highest BCUT2D eigenvalue weighted by Gasteiger charge is 2.56. The summed E-state index contributed by atoms with van der Waals surface area (Å²) in [5.41, 5.74) is 0.647. The zero-order valence-corrected chi connectivity index (χ0v) is 13.9. The summed E-state index contributed by atoms with van der Waals surface area (Å²) in [4.78, 5) is 15.7. The number of likely N-dealkylation sites (tertiary alicyclic amines) is 1. The maximum atomic E-state index is 12.7. The summed E-state index contributed by atoms with van der Waals surface area (Å²) in [6, 6.07) is 7.76. The number of thioether (sulfide) groups is 1. The lowest BCUT2D eigenvalue weighted by Gasteiger charge is -2.56. The zero-order chi connectivity index (χ0) is 15.7. The first-order valence-electron chi connectivity index (χ1n) is 7.75. The summed E-state index contributed by atoms with van der Waals surface area (Å²) in [5.74, 6) is 0.0996. The van der Waals surface area contributed by atoms with Crippen LogP contribution in [0.4, 0.5) is 0 Å². The highest BCUT2D eigenvalue weighted by Crippen LogP contribution is 2.50. The second kappa shape index (κ2) is 6.22. The number of methoxy groups -OCH3 is 1. The third-order valence-corrected chi connectivity index (χ3v) is 6.14. The van der Waals surface area contributed by atoms with Crippen LogP contribution in [0.5, 0.6) is 0 Å². The summed E-state index contributed by atoms with van der Waals surface area (Å²) in [6.45, 7) is 1.39. The number of carbonyl (C=O) groups is 1. The van der Waals surface area contributed by atoms with Gasteiger partial charge in [-0.3, -0.25) is 4.79 Å². The molecule has 3 rings (SSSR count). The molecule has 1 spiro atoms. The second-order valence-corrected chi connectivity index (χ2v) is 7.05. The molecule has 0 unspecified atom stereocenters. The SMILES string of the molecule is CO[C@H]1C[C@@H](O)C12CCN(C(=O)c1ccccc1SC)CC2. The smallest absolute Gasteiger partial charge is 0.254 e. The summed E-state index contributed by atoms with van der Waals surface area (Å²) >= 11 is 1.60. The van der Waals surface area contributed by atoms with Crippen LogP contribution in [0.25, 0.3) is 0 Å². The molecule has 0 bridgehead atoms. The van der Waals surface area contributed by atoms with Crippen LogP contribution in [0.15, 0.2) is 29.2 Å². The van der Waals surface area contributed by atoms with E-state index in [0.29, 0.717) is 13.1 Å². The normalized spacial score (nSPS) is 26.8. The molecule has 1 aromatic rings. The molecule has 1 aliphatic heterocycles. The number of piperidine rings is 1. The minimum absolute atomic E-state index is 0.0996. The Morgan fingerprint density at radius 3 is 2.64 bits per heavy atom. The van der Waals surface area contributed by atoms with E-state index in [1.165, 1.54) is 0 Å². The van der Waals surface area contributed by atoms with E-state index >= 15 is 0 Å². The highest BCUT2D eigenvalue weighted by molar-refractivity contribution is 7.98. The van der Waals surface area contributed by atoms with Crippen LogP contribution in [0.3, 0.4) is 0 Å². The number of carbonyl (C=O) groups excluding carboxylic acids is 1. The average molecular weight is 321 g/mol. The van der Waals surface area contributed by atoms with Crippen LogP contribution < -0.4 is 0 Å². The van der Waals surface area contributed by atoms with E-state index in [-0.39, 0.29) is 23.5 Å². The molecular formula is C17H23NO3S. The van der Waals surface area contributed by atoms with Gasteiger partial charge in [0.15, 0.2) is 0 Å². The van der Waals surface area contributed by atoms with Gasteiger partial charge in [0.05, 0.1) is 17.8 Å². The van der Waals surface area contributed by atoms with E-state index in [0.717, 1.165) is 29.7 Å². The molecule has 1 N–H and O–H groups in total. The number of hydrogen-bond acceptors (Lipinski definition) is 4. The van der Waals surface area contributed by atoms with Gasteiger partial charge in [-0.15, -0.1) is 11.8 Å². The number of amides is 1. The molecule has 1 heterocycles. The molecule has 0 radical (unpaired) electrons. The largest absolute Gasteiger partial charge is 0.392 e. The number of aliphatic hydroxyl groups is 1. The average Bonchev–Trinajstić information content (AvgIpc) is 2.58. The summed E-state index contributed by atoms with van der Waals surface area (Å²) in [6.07, 6.45) is 4.21. The van der Waals surface area contributed by atoms with Crippen molar-refractivity contribution in [2.45, 2.75) is 36.4 Å². The molecule has 1 saturated heterocycles. The molecule has 2 fully saturated rings. The fourth-order valence-electron chi connectivity index (χ4n) is 3.83. The van der Waals surface area contributed by atoms with Crippen LogP contribution in [0.2, 0.25) is 0 Å². The number of ether oxygens (including phenoxy) is 1. The van der Waals surface area contributed by atoms with Gasteiger partial charge >= 0.3 is 0 Å². The fourth-order valence-corrected chi connectivity index (χ4v) is 4.42. The monoisotopic (exact) mass is 321 g/mol. The number of aliphatic hydroxyl groups excluding tert-OH is 1. The minimum atomic E-state index is -0.284. The molecule has 5 heteroatoms. The van der Waals surface area contributed by atoms with E-state index in [4.69, 9.17) is 4.74 Å². The van der Waals surface area contributed by atoms with Crippen LogP contribution in [0, 0.1) is 5.41 Å². The van der Waals surface area contributed by atoms with Gasteiger partial charge < -0.3 is 14.7 Å². The highest BCUT2D eigenvalue weighted by atomic mass is 32.2. The molecule has 2 aliphatic rings. The van der Waals surface area contributed by atoms with Crippen LogP contribution in [-0.2, 0) is 4.74 Å². The van der Waals surface area contributed by atoms with Crippen molar-refractivity contribution in [2.24, 2.45) is 5.41 Å². The summed E-state index contributed by atoms with van der Waals surface area (Å²) in [7, 11) is 1.71. The van der Waals surface area contributed by atoms with Gasteiger partial charge in [0.2, 0.25) is 0 Å². The predicted octanol–water partition coefficient (Wildman–Crippen LogP) is 2.41. The third kappa shape index (κ3) is 2.45. The lowest BCUT2D eigenvalue weighted by Crippen LogP contribution is -2.62. The van der Waals surface area contributed by atoms with Gasteiger partial charge in [-0.25, -0.2) is 0 Å². The standard InChI is InChI=1S/C17H23NO3S/c1-21-15-11-14(19)17(15)7-9-18(10-8-17)16(20)12-5-3-4-6-13(12)22-2/h3-6,14-15,19H,7-11H2,1-2H3/t14-,15+/m1/s1. The van der Waals surface area contributed by atoms with Crippen molar-refractivity contribution in [3.8, 4) is 0 Å². The van der Waals surface area contributed by atoms with Crippen LogP contribution >= 0.6 is 11.8 Å². The maximum Gasteiger partial charge on any atom is 0.254 e. The van der Waals surface area contributed by atoms with Crippen molar-refractivity contribution in [1.82, 2.24) is 4.90 Å². The minimum Gasteiger partial charge on any atom is -0.392 e. The van der Waals surface area contributed by atoms with Crippen molar-refractivity contribution in [2.75, 3.05) is 26.5 Å². The van der Waals surface area contributed by atoms with Crippen molar-refractivity contribution in [3.63, 3.8) is 0 Å². The van der Waals surface area contributed by atoms with E-state index in [9.17, 15) is 9.90 Å². The van der Waals surface area contributed by atoms with Gasteiger partial charge in [-0.1, -0.05) is 12.1 Å². The van der Waals surface area contributed by atoms with Crippen molar-refractivity contribution < 1.29 is 14.6 Å². The Bertz CT molecular complexity index is 555. The molecule has 0 aromatic heterocycles. The molecule has 4 nitrogen and oxygen atoms in total. The number of rotatable bonds is 3. The van der Waals surface area contributed by atoms with Crippen molar-refractivity contribution in [3.05, 3.63) is 29.8 Å². The first-order chi connectivity index (χ1) is 10.6. The maximum absolute atomic E-state index is 12.7. The molecule has 1 aromatic carbocycles. The van der Waals surface area contributed by atoms with Gasteiger partial charge in [0, 0.05) is 36.9 Å². The van der Waals surface area contributed by atoms with Gasteiger partial charge in [-0.05, 0) is 31.2 Å². The molecule has 22 heavy (non-hydrogen) atoms. The quantitative estimate of drug-likeness (QED) is 0.869. The molecule has 2 atom stereocenters. The molecule has 1 amide bonds. The van der Waals surface area contributed by atoms with Gasteiger partial charge in [0.1, 0.15) is 0 Å². The van der Waals surface area contributed by atoms with E-state index in [1.54, 1.807) is 18.9 Å². The lowest BCUT2D eigenvalue weighted by atomic mass is 9.58. The molecule has 1 aliphatic carbocycles. The van der Waals surface area contributed by atoms with Gasteiger partial charge in [-0.2, -0.15) is 0 Å². The Kier molecular flexibility index (Phi) is 4.48. The number of nitrogens with zero attached hydrogens (tertiary/aromatic N) is 1. The van der Waals surface area contributed by atoms with Gasteiger partial charge in [0.25, 0.3) is 5.91 Å². The fraction of sp³-hybridized carbons (Fsp3) is 0.588. The topological polar surface area (TPSA) is 49.8 Å².